The number of hydrogen-bond donors (Lipinski definition) is 1. The van der Waals surface area contributed by atoms with Crippen LogP contribution in [0.5, 0.6) is 0 Å². The number of unbranched alkanes of at least 4 members (excludes halogenated alkanes) is 9. The summed E-state index contributed by atoms with van der Waals surface area (Å²) in [5, 5.41) is 9.19. The van der Waals surface area contributed by atoms with Gasteiger partial charge in [0.05, 0.1) is 6.61 Å². The van der Waals surface area contributed by atoms with Gasteiger partial charge in [0.25, 0.3) is 0 Å². The van der Waals surface area contributed by atoms with Gasteiger partial charge in [-0.2, -0.15) is 8.78 Å². The van der Waals surface area contributed by atoms with E-state index in [-0.39, 0.29) is 12.2 Å². The molecule has 0 radical (unpaired) electrons. The molecule has 1 rings (SSSR count). The molecule has 0 unspecified atom stereocenters. The molecule has 0 amide bonds. The normalized spacial score (nSPS) is 15.3. The van der Waals surface area contributed by atoms with Crippen molar-refractivity contribution >= 4 is 0 Å². The van der Waals surface area contributed by atoms with Gasteiger partial charge in [0.1, 0.15) is 5.76 Å². The molecule has 0 saturated carbocycles. The second-order valence-electron chi connectivity index (χ2n) is 6.07. The minimum atomic E-state index is -1.24. The van der Waals surface area contributed by atoms with Gasteiger partial charge in [-0.05, 0) is 12.5 Å². The summed E-state index contributed by atoms with van der Waals surface area (Å²) in [7, 11) is 0. The van der Waals surface area contributed by atoms with Gasteiger partial charge in [0.2, 0.25) is 11.7 Å². The summed E-state index contributed by atoms with van der Waals surface area (Å²) >= 11 is 0. The number of ether oxygens (including phenoxy) is 1. The molecule has 1 aliphatic rings. The molecule has 0 saturated heterocycles. The first-order valence-corrected chi connectivity index (χ1v) is 8.94. The van der Waals surface area contributed by atoms with Crippen molar-refractivity contribution in [2.45, 2.75) is 77.6 Å². The summed E-state index contributed by atoms with van der Waals surface area (Å²) in [5.41, 5.74) is 0. The summed E-state index contributed by atoms with van der Waals surface area (Å²) in [4.78, 5) is 0. The molecule has 0 heterocycles. The molecule has 0 bridgehead atoms. The summed E-state index contributed by atoms with van der Waals surface area (Å²) in [6, 6.07) is 0. The van der Waals surface area contributed by atoms with Crippen molar-refractivity contribution in [3.8, 4) is 0 Å². The van der Waals surface area contributed by atoms with Crippen LogP contribution in [0.3, 0.4) is 0 Å². The van der Waals surface area contributed by atoms with Gasteiger partial charge >= 0.3 is 0 Å². The lowest BCUT2D eigenvalue weighted by molar-refractivity contribution is 0.189. The monoisotopic (exact) mass is 328 g/mol. The van der Waals surface area contributed by atoms with Crippen molar-refractivity contribution in [1.29, 1.82) is 0 Å². The minimum absolute atomic E-state index is 0.0290. The van der Waals surface area contributed by atoms with E-state index in [2.05, 4.69) is 6.92 Å². The molecule has 4 heteroatoms. The summed E-state index contributed by atoms with van der Waals surface area (Å²) in [6.07, 6.45) is 15.0. The first-order valence-electron chi connectivity index (χ1n) is 8.94. The van der Waals surface area contributed by atoms with Crippen LogP contribution in [0.4, 0.5) is 8.78 Å². The lowest BCUT2D eigenvalue weighted by Gasteiger charge is -2.09. The number of aliphatic hydroxyl groups is 1. The van der Waals surface area contributed by atoms with E-state index in [0.717, 1.165) is 25.3 Å². The van der Waals surface area contributed by atoms with E-state index < -0.39 is 17.4 Å². The molecule has 0 aromatic carbocycles. The largest absolute Gasteiger partial charge is 0.505 e. The van der Waals surface area contributed by atoms with Gasteiger partial charge in [-0.1, -0.05) is 70.8 Å². The van der Waals surface area contributed by atoms with Crippen molar-refractivity contribution in [2.24, 2.45) is 0 Å². The van der Waals surface area contributed by atoms with Gasteiger partial charge < -0.3 is 9.84 Å². The maximum atomic E-state index is 13.7. The highest BCUT2D eigenvalue weighted by atomic mass is 19.2. The maximum absolute atomic E-state index is 13.7. The van der Waals surface area contributed by atoms with Crippen LogP contribution in [0, 0.1) is 0 Å². The molecular weight excluding hydrogens is 298 g/mol. The van der Waals surface area contributed by atoms with Gasteiger partial charge in [-0.25, -0.2) is 0 Å². The Balaban J connectivity index is 2.06. The van der Waals surface area contributed by atoms with Gasteiger partial charge in [0, 0.05) is 6.42 Å². The lowest BCUT2D eigenvalue weighted by atomic mass is 10.1. The standard InChI is InChI=1S/C19H30F2O2/c1-2-3-4-5-6-7-8-9-10-11-15-23-17-14-12-13-16(22)18(20)19(17)21/h12-13,22H,2-11,14-15H2,1H3. The van der Waals surface area contributed by atoms with Gasteiger partial charge in [-0.3, -0.25) is 0 Å². The predicted octanol–water partition coefficient (Wildman–Crippen LogP) is 6.80. The number of rotatable bonds is 12. The molecule has 132 valence electrons. The zero-order valence-electron chi connectivity index (χ0n) is 14.3. The van der Waals surface area contributed by atoms with E-state index in [0.29, 0.717) is 6.61 Å². The van der Waals surface area contributed by atoms with Crippen molar-refractivity contribution in [3.63, 3.8) is 0 Å². The Hall–Kier alpha value is -1.32. The van der Waals surface area contributed by atoms with Crippen LogP contribution in [0.25, 0.3) is 0 Å². The van der Waals surface area contributed by atoms with E-state index in [1.54, 1.807) is 0 Å². The molecule has 23 heavy (non-hydrogen) atoms. The third-order valence-corrected chi connectivity index (χ3v) is 4.02. The van der Waals surface area contributed by atoms with E-state index in [1.165, 1.54) is 51.0 Å². The van der Waals surface area contributed by atoms with Crippen LogP contribution >= 0.6 is 0 Å². The maximum Gasteiger partial charge on any atom is 0.203 e. The molecule has 0 aromatic heterocycles. The van der Waals surface area contributed by atoms with Crippen LogP contribution in [-0.4, -0.2) is 11.7 Å². The zero-order chi connectivity index (χ0) is 16.9. The smallest absolute Gasteiger partial charge is 0.203 e. The van der Waals surface area contributed by atoms with Crippen molar-refractivity contribution < 1.29 is 18.6 Å². The van der Waals surface area contributed by atoms with E-state index >= 15 is 0 Å². The average molecular weight is 328 g/mol. The van der Waals surface area contributed by atoms with Crippen molar-refractivity contribution in [3.05, 3.63) is 35.3 Å². The predicted molar refractivity (Wildman–Crippen MR) is 90.4 cm³/mol. The molecule has 2 nitrogen and oxygen atoms in total. The molecule has 0 fully saturated rings. The van der Waals surface area contributed by atoms with E-state index in [9.17, 15) is 13.9 Å². The molecule has 0 atom stereocenters. The minimum Gasteiger partial charge on any atom is -0.505 e. The quantitative estimate of drug-likeness (QED) is 0.399. The number of aliphatic hydroxyl groups excluding tert-OH is 1. The Morgan fingerprint density at radius 3 is 2.09 bits per heavy atom. The third-order valence-electron chi connectivity index (χ3n) is 4.02. The van der Waals surface area contributed by atoms with Crippen LogP contribution in [-0.2, 0) is 4.74 Å². The van der Waals surface area contributed by atoms with E-state index in [1.807, 2.05) is 0 Å². The highest BCUT2D eigenvalue weighted by Crippen LogP contribution is 2.27. The molecular formula is C19H30F2O2. The highest BCUT2D eigenvalue weighted by molar-refractivity contribution is 5.33. The lowest BCUT2D eigenvalue weighted by Crippen LogP contribution is -1.98. The van der Waals surface area contributed by atoms with Gasteiger partial charge in [0.15, 0.2) is 5.76 Å². The first-order chi connectivity index (χ1) is 11.2. The van der Waals surface area contributed by atoms with Crippen molar-refractivity contribution in [1.82, 2.24) is 0 Å². The van der Waals surface area contributed by atoms with E-state index in [4.69, 9.17) is 4.74 Å². The SMILES string of the molecule is CCCCCCCCCCCCOC1=C(F)C(F)=C(O)C=CC1. The Kier molecular flexibility index (Phi) is 10.4. The fraction of sp³-hybridized carbons (Fsp3) is 0.684. The summed E-state index contributed by atoms with van der Waals surface area (Å²) < 4.78 is 32.4. The second kappa shape index (κ2) is 12.1. The Labute approximate surface area is 138 Å². The Morgan fingerprint density at radius 2 is 1.48 bits per heavy atom. The molecule has 1 N–H and O–H groups in total. The average Bonchev–Trinajstić information content (AvgIpc) is 2.67. The number of allylic oxidation sites excluding steroid dienone is 4. The fourth-order valence-corrected chi connectivity index (χ4v) is 2.58. The Morgan fingerprint density at radius 1 is 0.913 bits per heavy atom. The highest BCUT2D eigenvalue weighted by Gasteiger charge is 2.18. The molecule has 0 aromatic rings. The topological polar surface area (TPSA) is 29.5 Å². The zero-order valence-corrected chi connectivity index (χ0v) is 14.3. The Bertz CT molecular complexity index is 425. The second-order valence-corrected chi connectivity index (χ2v) is 6.07. The van der Waals surface area contributed by atoms with Crippen LogP contribution < -0.4 is 0 Å². The number of hydrogen-bond acceptors (Lipinski definition) is 2. The molecule has 0 aliphatic heterocycles. The third kappa shape index (κ3) is 8.19. The van der Waals surface area contributed by atoms with Crippen molar-refractivity contribution in [2.75, 3.05) is 6.61 Å². The van der Waals surface area contributed by atoms with Gasteiger partial charge in [-0.15, -0.1) is 0 Å². The number of halogens is 2. The van der Waals surface area contributed by atoms with Crippen LogP contribution in [0.1, 0.15) is 77.6 Å². The van der Waals surface area contributed by atoms with Crippen LogP contribution in [0.2, 0.25) is 0 Å². The van der Waals surface area contributed by atoms with Crippen LogP contribution in [0.15, 0.2) is 35.3 Å². The first kappa shape index (κ1) is 19.7. The fourth-order valence-electron chi connectivity index (χ4n) is 2.58. The summed E-state index contributed by atoms with van der Waals surface area (Å²) in [5.74, 6) is -3.03. The molecule has 1 aliphatic carbocycles. The summed E-state index contributed by atoms with van der Waals surface area (Å²) in [6.45, 7) is 2.61. The molecule has 0 spiro atoms.